The molecule has 2 unspecified atom stereocenters. The fraction of sp³-hybridized carbons (Fsp3) is 0.280. The molecule has 2 atom stereocenters. The third kappa shape index (κ3) is 4.04. The molecular formula is C25H24BrNO4. The minimum Gasteiger partial charge on any atom is -0.497 e. The Labute approximate surface area is 190 Å². The number of methoxy groups -OCH3 is 2. The van der Waals surface area contributed by atoms with Crippen molar-refractivity contribution in [2.24, 2.45) is 0 Å². The molecular weight excluding hydrogens is 458 g/mol. The van der Waals surface area contributed by atoms with Crippen LogP contribution in [0, 0.1) is 0 Å². The summed E-state index contributed by atoms with van der Waals surface area (Å²) >= 11 is 3.51. The van der Waals surface area contributed by atoms with Gasteiger partial charge in [-0.05, 0) is 54.7 Å². The van der Waals surface area contributed by atoms with Gasteiger partial charge in [-0.15, -0.1) is 0 Å². The minimum absolute atomic E-state index is 0.0495. The van der Waals surface area contributed by atoms with Gasteiger partial charge >= 0.3 is 5.97 Å². The maximum Gasteiger partial charge on any atom is 0.336 e. The third-order valence-electron chi connectivity index (χ3n) is 6.00. The lowest BCUT2D eigenvalue weighted by atomic mass is 9.72. The van der Waals surface area contributed by atoms with Crippen LogP contribution in [-0.2, 0) is 14.3 Å². The van der Waals surface area contributed by atoms with Crippen LogP contribution >= 0.6 is 15.9 Å². The van der Waals surface area contributed by atoms with E-state index in [9.17, 15) is 9.59 Å². The minimum atomic E-state index is -0.453. The summed E-state index contributed by atoms with van der Waals surface area (Å²) in [7, 11) is 3.01. The number of nitrogens with one attached hydrogen (secondary N) is 1. The second-order valence-electron chi connectivity index (χ2n) is 7.84. The van der Waals surface area contributed by atoms with Gasteiger partial charge in [-0.2, -0.15) is 0 Å². The van der Waals surface area contributed by atoms with Gasteiger partial charge in [0.1, 0.15) is 5.75 Å². The molecule has 2 aromatic carbocycles. The van der Waals surface area contributed by atoms with E-state index >= 15 is 0 Å². The van der Waals surface area contributed by atoms with E-state index in [0.717, 1.165) is 32.7 Å². The lowest BCUT2D eigenvalue weighted by Crippen LogP contribution is -2.36. The molecule has 0 bridgehead atoms. The van der Waals surface area contributed by atoms with Gasteiger partial charge in [0, 0.05) is 33.8 Å². The van der Waals surface area contributed by atoms with E-state index in [1.165, 1.54) is 7.11 Å². The van der Waals surface area contributed by atoms with E-state index in [-0.39, 0.29) is 11.7 Å². The molecule has 6 heteroatoms. The van der Waals surface area contributed by atoms with Crippen LogP contribution in [0.15, 0.2) is 75.5 Å². The summed E-state index contributed by atoms with van der Waals surface area (Å²) in [5.41, 5.74) is 4.73. The normalized spacial score (nSPS) is 20.8. The van der Waals surface area contributed by atoms with E-state index in [2.05, 4.69) is 21.2 Å². The van der Waals surface area contributed by atoms with Gasteiger partial charge in [0.2, 0.25) is 0 Å². The SMILES string of the molecule is COC(=O)C1=C(C)NC2=C(C(=O)CC(c3ccc(OC)cc3)C2)C1c1cccc(Br)c1. The lowest BCUT2D eigenvalue weighted by molar-refractivity contribution is -0.136. The van der Waals surface area contributed by atoms with Crippen LogP contribution in [0.5, 0.6) is 5.75 Å². The summed E-state index contributed by atoms with van der Waals surface area (Å²) in [6.07, 6.45) is 1.09. The fourth-order valence-electron chi connectivity index (χ4n) is 4.55. The van der Waals surface area contributed by atoms with E-state index in [0.29, 0.717) is 24.0 Å². The number of carbonyl (C=O) groups is 2. The molecule has 0 amide bonds. The van der Waals surface area contributed by atoms with Crippen molar-refractivity contribution in [3.8, 4) is 5.75 Å². The van der Waals surface area contributed by atoms with Crippen LogP contribution in [0.3, 0.4) is 0 Å². The van der Waals surface area contributed by atoms with Crippen LogP contribution in [0.4, 0.5) is 0 Å². The largest absolute Gasteiger partial charge is 0.497 e. The second kappa shape index (κ2) is 8.71. The summed E-state index contributed by atoms with van der Waals surface area (Å²) in [5, 5.41) is 3.35. The molecule has 1 N–H and O–H groups in total. The van der Waals surface area contributed by atoms with E-state index in [4.69, 9.17) is 9.47 Å². The first-order valence-electron chi connectivity index (χ1n) is 10.1. The molecule has 4 rings (SSSR count). The number of hydrogen-bond donors (Lipinski definition) is 1. The zero-order chi connectivity index (χ0) is 22.1. The number of Topliss-reactive ketones (excluding diaryl/α,β-unsaturated/α-hetero) is 1. The maximum atomic E-state index is 13.5. The Morgan fingerprint density at radius 3 is 2.45 bits per heavy atom. The Kier molecular flexibility index (Phi) is 6.01. The summed E-state index contributed by atoms with van der Waals surface area (Å²) < 4.78 is 11.2. The highest BCUT2D eigenvalue weighted by molar-refractivity contribution is 9.10. The Morgan fingerprint density at radius 1 is 1.06 bits per heavy atom. The van der Waals surface area contributed by atoms with Crippen LogP contribution in [0.25, 0.3) is 0 Å². The summed E-state index contributed by atoms with van der Waals surface area (Å²) in [6.45, 7) is 1.86. The van der Waals surface area contributed by atoms with Crippen LogP contribution < -0.4 is 10.1 Å². The molecule has 1 heterocycles. The van der Waals surface area contributed by atoms with Crippen molar-refractivity contribution in [1.82, 2.24) is 5.32 Å². The number of allylic oxidation sites excluding steroid dienone is 3. The number of dihydropyridines is 1. The first-order valence-corrected chi connectivity index (χ1v) is 10.9. The highest BCUT2D eigenvalue weighted by Gasteiger charge is 2.41. The molecule has 2 aliphatic rings. The van der Waals surface area contributed by atoms with Crippen LogP contribution in [-0.4, -0.2) is 26.0 Å². The first-order chi connectivity index (χ1) is 14.9. The number of ketones is 1. The number of esters is 1. The summed E-state index contributed by atoms with van der Waals surface area (Å²) in [6, 6.07) is 15.6. The van der Waals surface area contributed by atoms with Crippen molar-refractivity contribution in [2.45, 2.75) is 31.6 Å². The van der Waals surface area contributed by atoms with Crippen molar-refractivity contribution in [3.05, 3.63) is 86.7 Å². The topological polar surface area (TPSA) is 64.6 Å². The number of rotatable bonds is 4. The van der Waals surface area contributed by atoms with E-state index in [1.54, 1.807) is 7.11 Å². The Bertz CT molecular complexity index is 1100. The molecule has 1 aliphatic heterocycles. The summed E-state index contributed by atoms with van der Waals surface area (Å²) in [5.74, 6) is 0.0312. The molecule has 160 valence electrons. The van der Waals surface area contributed by atoms with Gasteiger partial charge in [0.25, 0.3) is 0 Å². The number of carbonyl (C=O) groups excluding carboxylic acids is 2. The average molecular weight is 482 g/mol. The molecule has 2 aromatic rings. The van der Waals surface area contributed by atoms with Gasteiger partial charge in [-0.3, -0.25) is 4.79 Å². The molecule has 0 saturated heterocycles. The predicted octanol–water partition coefficient (Wildman–Crippen LogP) is 4.99. The standard InChI is InChI=1S/C25H24BrNO4/c1-14-22(25(29)31-3)23(16-5-4-6-18(26)11-16)24-20(27-14)12-17(13-21(24)28)15-7-9-19(30-2)10-8-15/h4-11,17,23,27H,12-13H2,1-3H3. The number of hydrogen-bond acceptors (Lipinski definition) is 5. The molecule has 0 radical (unpaired) electrons. The fourth-order valence-corrected chi connectivity index (χ4v) is 4.97. The van der Waals surface area contributed by atoms with E-state index in [1.807, 2.05) is 55.5 Å². The molecule has 0 aromatic heterocycles. The van der Waals surface area contributed by atoms with Crippen molar-refractivity contribution >= 4 is 27.7 Å². The van der Waals surface area contributed by atoms with Gasteiger partial charge in [-0.25, -0.2) is 4.79 Å². The smallest absolute Gasteiger partial charge is 0.336 e. The molecule has 1 aliphatic carbocycles. The maximum absolute atomic E-state index is 13.5. The van der Waals surface area contributed by atoms with Crippen LogP contribution in [0.1, 0.15) is 42.7 Å². The van der Waals surface area contributed by atoms with E-state index < -0.39 is 11.9 Å². The van der Waals surface area contributed by atoms with Gasteiger partial charge in [-0.1, -0.05) is 40.2 Å². The van der Waals surface area contributed by atoms with Gasteiger partial charge in [0.05, 0.1) is 19.8 Å². The van der Waals surface area contributed by atoms with Crippen molar-refractivity contribution in [3.63, 3.8) is 0 Å². The van der Waals surface area contributed by atoms with Crippen LogP contribution in [0.2, 0.25) is 0 Å². The predicted molar refractivity (Wildman–Crippen MR) is 122 cm³/mol. The quantitative estimate of drug-likeness (QED) is 0.622. The monoisotopic (exact) mass is 481 g/mol. The number of halogens is 1. The Hall–Kier alpha value is -2.86. The molecule has 0 saturated carbocycles. The molecule has 0 spiro atoms. The van der Waals surface area contributed by atoms with Gasteiger partial charge in [0.15, 0.2) is 5.78 Å². The zero-order valence-electron chi connectivity index (χ0n) is 17.7. The highest BCUT2D eigenvalue weighted by Crippen LogP contribution is 2.46. The molecule has 0 fully saturated rings. The molecule has 5 nitrogen and oxygen atoms in total. The van der Waals surface area contributed by atoms with Gasteiger partial charge < -0.3 is 14.8 Å². The third-order valence-corrected chi connectivity index (χ3v) is 6.50. The second-order valence-corrected chi connectivity index (χ2v) is 8.75. The molecule has 31 heavy (non-hydrogen) atoms. The number of ether oxygens (including phenoxy) is 2. The average Bonchev–Trinajstić information content (AvgIpc) is 2.77. The van der Waals surface area contributed by atoms with Crippen molar-refractivity contribution in [2.75, 3.05) is 14.2 Å². The number of benzene rings is 2. The Balaban J connectivity index is 1.78. The zero-order valence-corrected chi connectivity index (χ0v) is 19.3. The highest BCUT2D eigenvalue weighted by atomic mass is 79.9. The van der Waals surface area contributed by atoms with Crippen molar-refractivity contribution in [1.29, 1.82) is 0 Å². The summed E-state index contributed by atoms with van der Waals surface area (Å²) in [4.78, 5) is 26.2. The van der Waals surface area contributed by atoms with Crippen molar-refractivity contribution < 1.29 is 19.1 Å². The first kappa shape index (κ1) is 21.4. The Morgan fingerprint density at radius 2 is 1.81 bits per heavy atom. The lowest BCUT2D eigenvalue weighted by Gasteiger charge is -2.36.